The van der Waals surface area contributed by atoms with Crippen molar-refractivity contribution in [2.75, 3.05) is 23.8 Å². The Balaban J connectivity index is 1.95. The molecule has 0 aliphatic rings. The van der Waals surface area contributed by atoms with Crippen molar-refractivity contribution in [1.82, 2.24) is 4.98 Å². The lowest BCUT2D eigenvalue weighted by Gasteiger charge is -2.08. The van der Waals surface area contributed by atoms with E-state index in [1.807, 2.05) is 0 Å². The Bertz CT molecular complexity index is 930. The topological polar surface area (TPSA) is 127 Å². The van der Waals surface area contributed by atoms with Gasteiger partial charge in [-0.15, -0.1) is 0 Å². The van der Waals surface area contributed by atoms with Gasteiger partial charge in [0.1, 0.15) is 5.69 Å². The summed E-state index contributed by atoms with van der Waals surface area (Å²) < 4.78 is 10.0. The average molecular weight is 401 g/mol. The largest absolute Gasteiger partial charge is 0.462 e. The summed E-state index contributed by atoms with van der Waals surface area (Å²) in [5, 5.41) is 5.20. The Morgan fingerprint density at radius 2 is 1.52 bits per heavy atom. The van der Waals surface area contributed by atoms with Crippen molar-refractivity contribution in [3.8, 4) is 0 Å². The molecule has 9 nitrogen and oxygen atoms in total. The van der Waals surface area contributed by atoms with Crippen molar-refractivity contribution in [2.45, 2.75) is 27.7 Å². The fourth-order valence-electron chi connectivity index (χ4n) is 2.70. The predicted octanol–water partition coefficient (Wildman–Crippen LogP) is 2.56. The third kappa shape index (κ3) is 5.68. The predicted molar refractivity (Wildman–Crippen MR) is 106 cm³/mol. The first-order valence-electron chi connectivity index (χ1n) is 8.93. The summed E-state index contributed by atoms with van der Waals surface area (Å²) >= 11 is 0. The van der Waals surface area contributed by atoms with Crippen molar-refractivity contribution < 1.29 is 28.7 Å². The number of hydrogen-bond donors (Lipinski definition) is 3. The Kier molecular flexibility index (Phi) is 7.13. The normalized spacial score (nSPS) is 10.2. The van der Waals surface area contributed by atoms with Crippen LogP contribution in [0.3, 0.4) is 0 Å². The van der Waals surface area contributed by atoms with Gasteiger partial charge in [0.05, 0.1) is 12.2 Å². The van der Waals surface area contributed by atoms with Crippen LogP contribution in [-0.2, 0) is 19.1 Å². The molecule has 0 saturated heterocycles. The maximum atomic E-state index is 12.3. The molecule has 1 aromatic carbocycles. The SMILES string of the molecule is CCOC(=O)c1c(C)[nH]c(C(=O)OCC(=O)Nc2ccc(NC(C)=O)cc2)c1C. The van der Waals surface area contributed by atoms with Crippen LogP contribution in [0.2, 0.25) is 0 Å². The van der Waals surface area contributed by atoms with Crippen molar-refractivity contribution in [1.29, 1.82) is 0 Å². The van der Waals surface area contributed by atoms with E-state index in [-0.39, 0.29) is 23.8 Å². The van der Waals surface area contributed by atoms with E-state index < -0.39 is 24.5 Å². The van der Waals surface area contributed by atoms with Crippen LogP contribution in [0.1, 0.15) is 46.0 Å². The first-order chi connectivity index (χ1) is 13.7. The smallest absolute Gasteiger partial charge is 0.355 e. The number of H-pyrrole nitrogens is 1. The molecule has 1 aromatic heterocycles. The van der Waals surface area contributed by atoms with Gasteiger partial charge in [0.25, 0.3) is 5.91 Å². The number of esters is 2. The number of amides is 2. The minimum atomic E-state index is -0.752. The number of benzene rings is 1. The molecule has 0 fully saturated rings. The maximum Gasteiger partial charge on any atom is 0.355 e. The molecule has 2 aromatic rings. The van der Waals surface area contributed by atoms with Gasteiger partial charge in [0, 0.05) is 24.0 Å². The number of aromatic nitrogens is 1. The number of aryl methyl sites for hydroxylation is 1. The van der Waals surface area contributed by atoms with Crippen LogP contribution in [0.15, 0.2) is 24.3 Å². The number of nitrogens with one attached hydrogen (secondary N) is 3. The second-order valence-electron chi connectivity index (χ2n) is 6.23. The van der Waals surface area contributed by atoms with Gasteiger partial charge in [-0.3, -0.25) is 9.59 Å². The van der Waals surface area contributed by atoms with E-state index in [1.54, 1.807) is 45.0 Å². The number of ether oxygens (including phenoxy) is 2. The molecule has 0 saturated carbocycles. The van der Waals surface area contributed by atoms with E-state index in [4.69, 9.17) is 9.47 Å². The monoisotopic (exact) mass is 401 g/mol. The maximum absolute atomic E-state index is 12.3. The molecule has 29 heavy (non-hydrogen) atoms. The summed E-state index contributed by atoms with van der Waals surface area (Å²) in [6.45, 7) is 6.05. The molecule has 1 heterocycles. The number of rotatable bonds is 7. The van der Waals surface area contributed by atoms with Gasteiger partial charge in [-0.25, -0.2) is 9.59 Å². The first kappa shape index (κ1) is 21.7. The number of aromatic amines is 1. The Hall–Kier alpha value is -3.62. The number of hydrogen-bond acceptors (Lipinski definition) is 6. The molecule has 0 atom stereocenters. The molecule has 2 rings (SSSR count). The minimum absolute atomic E-state index is 0.0954. The molecule has 0 radical (unpaired) electrons. The highest BCUT2D eigenvalue weighted by molar-refractivity contribution is 6.00. The van der Waals surface area contributed by atoms with Crippen molar-refractivity contribution >= 4 is 35.1 Å². The fraction of sp³-hybridized carbons (Fsp3) is 0.300. The summed E-state index contributed by atoms with van der Waals surface area (Å²) in [5.41, 5.74) is 2.34. The Morgan fingerprint density at radius 3 is 2.07 bits per heavy atom. The van der Waals surface area contributed by atoms with Crippen LogP contribution in [0.5, 0.6) is 0 Å². The van der Waals surface area contributed by atoms with Gasteiger partial charge in [-0.1, -0.05) is 0 Å². The van der Waals surface area contributed by atoms with Gasteiger partial charge in [-0.05, 0) is 50.6 Å². The molecular formula is C20H23N3O6. The van der Waals surface area contributed by atoms with Crippen LogP contribution >= 0.6 is 0 Å². The lowest BCUT2D eigenvalue weighted by molar-refractivity contribution is -0.119. The number of carbonyl (C=O) groups is 4. The van der Waals surface area contributed by atoms with Crippen molar-refractivity contribution in [3.63, 3.8) is 0 Å². The molecule has 2 amide bonds. The summed E-state index contributed by atoms with van der Waals surface area (Å²) in [5.74, 6) is -2.01. The number of anilines is 2. The summed E-state index contributed by atoms with van der Waals surface area (Å²) in [6, 6.07) is 6.47. The van der Waals surface area contributed by atoms with Crippen LogP contribution in [0, 0.1) is 13.8 Å². The first-order valence-corrected chi connectivity index (χ1v) is 8.93. The van der Waals surface area contributed by atoms with Crippen LogP contribution < -0.4 is 10.6 Å². The standard InChI is InChI=1S/C20H23N3O6/c1-5-28-19(26)17-11(2)18(21-12(17)3)20(27)29-10-16(25)23-15-8-6-14(7-9-15)22-13(4)24/h6-9,21H,5,10H2,1-4H3,(H,22,24)(H,23,25). The van der Waals surface area contributed by atoms with Crippen LogP contribution in [0.25, 0.3) is 0 Å². The highest BCUT2D eigenvalue weighted by Gasteiger charge is 2.24. The third-order valence-corrected chi connectivity index (χ3v) is 3.94. The van der Waals surface area contributed by atoms with Gasteiger partial charge >= 0.3 is 11.9 Å². The summed E-state index contributed by atoms with van der Waals surface area (Å²) in [4.78, 5) is 50.1. The highest BCUT2D eigenvalue weighted by atomic mass is 16.5. The van der Waals surface area contributed by atoms with Gasteiger partial charge < -0.3 is 25.1 Å². The third-order valence-electron chi connectivity index (χ3n) is 3.94. The van der Waals surface area contributed by atoms with Gasteiger partial charge in [0.15, 0.2) is 6.61 Å². The van der Waals surface area contributed by atoms with Crippen LogP contribution in [0.4, 0.5) is 11.4 Å². The lowest BCUT2D eigenvalue weighted by Crippen LogP contribution is -2.21. The van der Waals surface area contributed by atoms with Gasteiger partial charge in [-0.2, -0.15) is 0 Å². The lowest BCUT2D eigenvalue weighted by atomic mass is 10.1. The molecule has 154 valence electrons. The minimum Gasteiger partial charge on any atom is -0.462 e. The molecule has 0 bridgehead atoms. The van der Waals surface area contributed by atoms with Crippen molar-refractivity contribution in [2.24, 2.45) is 0 Å². The molecule has 0 aliphatic carbocycles. The summed E-state index contributed by atoms with van der Waals surface area (Å²) in [6.07, 6.45) is 0. The van der Waals surface area contributed by atoms with Crippen molar-refractivity contribution in [3.05, 3.63) is 46.8 Å². The molecular weight excluding hydrogens is 378 g/mol. The van der Waals surface area contributed by atoms with E-state index in [9.17, 15) is 19.2 Å². The van der Waals surface area contributed by atoms with E-state index >= 15 is 0 Å². The second-order valence-corrected chi connectivity index (χ2v) is 6.23. The van der Waals surface area contributed by atoms with Crippen LogP contribution in [-0.4, -0.2) is 42.0 Å². The quantitative estimate of drug-likeness (QED) is 0.612. The molecule has 0 aliphatic heterocycles. The van der Waals surface area contributed by atoms with Gasteiger partial charge in [0.2, 0.25) is 5.91 Å². The Morgan fingerprint density at radius 1 is 0.931 bits per heavy atom. The van der Waals surface area contributed by atoms with E-state index in [1.165, 1.54) is 6.92 Å². The molecule has 3 N–H and O–H groups in total. The number of carbonyl (C=O) groups excluding carboxylic acids is 4. The van der Waals surface area contributed by atoms with E-state index in [2.05, 4.69) is 15.6 Å². The Labute approximate surface area is 167 Å². The zero-order valence-electron chi connectivity index (χ0n) is 16.7. The average Bonchev–Trinajstić information content (AvgIpc) is 2.95. The highest BCUT2D eigenvalue weighted by Crippen LogP contribution is 2.20. The second kappa shape index (κ2) is 9.54. The molecule has 0 spiro atoms. The summed E-state index contributed by atoms with van der Waals surface area (Å²) in [7, 11) is 0. The molecule has 0 unspecified atom stereocenters. The fourth-order valence-corrected chi connectivity index (χ4v) is 2.70. The van der Waals surface area contributed by atoms with E-state index in [0.717, 1.165) is 0 Å². The zero-order chi connectivity index (χ0) is 21.6. The zero-order valence-corrected chi connectivity index (χ0v) is 16.7. The molecule has 9 heteroatoms. The van der Waals surface area contributed by atoms with E-state index in [0.29, 0.717) is 22.6 Å².